The molecule has 0 aliphatic carbocycles. The Morgan fingerprint density at radius 3 is 2.85 bits per heavy atom. The highest BCUT2D eigenvalue weighted by atomic mass is 32.1. The highest BCUT2D eigenvalue weighted by Crippen LogP contribution is 2.15. The molecule has 2 rings (SSSR count). The molecular formula is C13H14N4O2S. The molecule has 6 nitrogen and oxygen atoms in total. The van der Waals surface area contributed by atoms with E-state index in [-0.39, 0.29) is 18.2 Å². The van der Waals surface area contributed by atoms with Gasteiger partial charge in [0.25, 0.3) is 0 Å². The van der Waals surface area contributed by atoms with Gasteiger partial charge in [-0.25, -0.2) is 4.98 Å². The molecule has 0 saturated heterocycles. The molecule has 0 saturated carbocycles. The maximum atomic E-state index is 11.8. The first-order chi connectivity index (χ1) is 9.63. The second kappa shape index (κ2) is 6.76. The van der Waals surface area contributed by atoms with Gasteiger partial charge in [0.15, 0.2) is 5.13 Å². The van der Waals surface area contributed by atoms with Crippen LogP contribution in [0.25, 0.3) is 0 Å². The molecule has 2 aromatic rings. The number of anilines is 1. The number of nitrogens with zero attached hydrogens (tertiary/aromatic N) is 2. The molecular weight excluding hydrogens is 276 g/mol. The molecule has 0 spiro atoms. The Morgan fingerprint density at radius 1 is 1.30 bits per heavy atom. The minimum Gasteiger partial charge on any atom is -0.350 e. The third-order valence-corrected chi connectivity index (χ3v) is 3.18. The highest BCUT2D eigenvalue weighted by Gasteiger charge is 2.08. The smallest absolute Gasteiger partial charge is 0.226 e. The van der Waals surface area contributed by atoms with Crippen molar-refractivity contribution in [1.82, 2.24) is 15.3 Å². The fourth-order valence-electron chi connectivity index (χ4n) is 1.52. The summed E-state index contributed by atoms with van der Waals surface area (Å²) in [6.07, 6.45) is 1.87. The van der Waals surface area contributed by atoms with Crippen molar-refractivity contribution in [3.05, 3.63) is 41.2 Å². The number of nitrogens with one attached hydrogen (secondary N) is 2. The van der Waals surface area contributed by atoms with Crippen molar-refractivity contribution in [3.8, 4) is 0 Å². The summed E-state index contributed by atoms with van der Waals surface area (Å²) in [4.78, 5) is 30.9. The van der Waals surface area contributed by atoms with E-state index in [0.717, 1.165) is 5.69 Å². The zero-order valence-corrected chi connectivity index (χ0v) is 11.7. The maximum absolute atomic E-state index is 11.8. The minimum absolute atomic E-state index is 0.129. The number of aromatic nitrogens is 2. The van der Waals surface area contributed by atoms with Gasteiger partial charge in [-0.05, 0) is 12.1 Å². The second-order valence-corrected chi connectivity index (χ2v) is 4.96. The van der Waals surface area contributed by atoms with E-state index >= 15 is 0 Å². The van der Waals surface area contributed by atoms with E-state index in [4.69, 9.17) is 0 Å². The van der Waals surface area contributed by atoms with E-state index in [9.17, 15) is 9.59 Å². The van der Waals surface area contributed by atoms with Crippen molar-refractivity contribution in [1.29, 1.82) is 0 Å². The van der Waals surface area contributed by atoms with Crippen LogP contribution in [0.1, 0.15) is 18.3 Å². The fourth-order valence-corrected chi connectivity index (χ4v) is 2.27. The predicted octanol–water partition coefficient (Wildman–Crippen LogP) is 1.36. The van der Waals surface area contributed by atoms with Gasteiger partial charge in [-0.2, -0.15) is 0 Å². The average molecular weight is 290 g/mol. The van der Waals surface area contributed by atoms with E-state index in [0.29, 0.717) is 17.4 Å². The monoisotopic (exact) mass is 290 g/mol. The summed E-state index contributed by atoms with van der Waals surface area (Å²) in [7, 11) is 0. The molecule has 2 N–H and O–H groups in total. The van der Waals surface area contributed by atoms with Crippen LogP contribution >= 0.6 is 11.3 Å². The van der Waals surface area contributed by atoms with Crippen LogP contribution in [-0.4, -0.2) is 21.8 Å². The van der Waals surface area contributed by atoms with Crippen molar-refractivity contribution >= 4 is 28.3 Å². The summed E-state index contributed by atoms with van der Waals surface area (Å²) >= 11 is 1.30. The van der Waals surface area contributed by atoms with Crippen LogP contribution in [0.5, 0.6) is 0 Å². The normalized spacial score (nSPS) is 10.1. The number of carbonyl (C=O) groups excluding carboxylic acids is 2. The van der Waals surface area contributed by atoms with Crippen LogP contribution in [0.2, 0.25) is 0 Å². The first-order valence-electron chi connectivity index (χ1n) is 6.02. The Kier molecular flexibility index (Phi) is 4.78. The highest BCUT2D eigenvalue weighted by molar-refractivity contribution is 7.13. The van der Waals surface area contributed by atoms with Gasteiger partial charge in [-0.15, -0.1) is 11.3 Å². The molecule has 0 aliphatic rings. The summed E-state index contributed by atoms with van der Waals surface area (Å²) in [5, 5.41) is 7.62. The number of thiazole rings is 1. The molecule has 2 amide bonds. The number of hydrogen-bond donors (Lipinski definition) is 2. The molecule has 0 atom stereocenters. The van der Waals surface area contributed by atoms with Crippen molar-refractivity contribution in [2.45, 2.75) is 19.9 Å². The van der Waals surface area contributed by atoms with Crippen molar-refractivity contribution < 1.29 is 9.59 Å². The molecule has 0 fully saturated rings. The van der Waals surface area contributed by atoms with Crippen LogP contribution in [0.15, 0.2) is 29.8 Å². The summed E-state index contributed by atoms with van der Waals surface area (Å²) in [5.74, 6) is -0.305. The molecule has 20 heavy (non-hydrogen) atoms. The Hall–Kier alpha value is -2.28. The first-order valence-corrected chi connectivity index (χ1v) is 6.90. The van der Waals surface area contributed by atoms with E-state index < -0.39 is 0 Å². The van der Waals surface area contributed by atoms with E-state index in [1.54, 1.807) is 11.6 Å². The summed E-state index contributed by atoms with van der Waals surface area (Å²) < 4.78 is 0. The first kappa shape index (κ1) is 14.1. The van der Waals surface area contributed by atoms with Crippen molar-refractivity contribution in [2.24, 2.45) is 0 Å². The number of hydrogen-bond acceptors (Lipinski definition) is 5. The lowest BCUT2D eigenvalue weighted by Crippen LogP contribution is -2.25. The second-order valence-electron chi connectivity index (χ2n) is 4.10. The van der Waals surface area contributed by atoms with Gasteiger partial charge in [0.1, 0.15) is 0 Å². The zero-order chi connectivity index (χ0) is 14.4. The minimum atomic E-state index is -0.175. The largest absolute Gasteiger partial charge is 0.350 e. The summed E-state index contributed by atoms with van der Waals surface area (Å²) in [6, 6.07) is 5.54. The standard InChI is InChI=1S/C13H14N4O2S/c1-9(18)16-13-17-11(8-20-13)6-12(19)15-7-10-4-2-3-5-14-10/h2-5,8H,6-7H2,1H3,(H,15,19)(H,16,17,18). The zero-order valence-electron chi connectivity index (χ0n) is 10.9. The number of carbonyl (C=O) groups is 2. The van der Waals surface area contributed by atoms with Gasteiger partial charge in [0.05, 0.1) is 24.4 Å². The third kappa shape index (κ3) is 4.43. The summed E-state index contributed by atoms with van der Waals surface area (Å²) in [6.45, 7) is 1.81. The Bertz CT molecular complexity index is 597. The number of rotatable bonds is 5. The molecule has 7 heteroatoms. The molecule has 0 unspecified atom stereocenters. The fraction of sp³-hybridized carbons (Fsp3) is 0.231. The van der Waals surface area contributed by atoms with E-state index in [1.807, 2.05) is 18.2 Å². The van der Waals surface area contributed by atoms with Crippen molar-refractivity contribution in [3.63, 3.8) is 0 Å². The Labute approximate surface area is 120 Å². The van der Waals surface area contributed by atoms with Crippen LogP contribution in [0, 0.1) is 0 Å². The molecule has 0 aromatic carbocycles. The topological polar surface area (TPSA) is 84.0 Å². The van der Waals surface area contributed by atoms with Gasteiger partial charge in [0.2, 0.25) is 11.8 Å². The lowest BCUT2D eigenvalue weighted by atomic mass is 10.3. The molecule has 0 bridgehead atoms. The third-order valence-electron chi connectivity index (χ3n) is 2.37. The lowest BCUT2D eigenvalue weighted by molar-refractivity contribution is -0.120. The molecule has 2 heterocycles. The SMILES string of the molecule is CC(=O)Nc1nc(CC(=O)NCc2ccccn2)cs1. The average Bonchev–Trinajstić information content (AvgIpc) is 2.84. The van der Waals surface area contributed by atoms with E-state index in [1.165, 1.54) is 18.3 Å². The number of amides is 2. The van der Waals surface area contributed by atoms with Crippen LogP contribution < -0.4 is 10.6 Å². The molecule has 0 aliphatic heterocycles. The molecule has 0 radical (unpaired) electrons. The van der Waals surface area contributed by atoms with Gasteiger partial charge in [0, 0.05) is 18.5 Å². The molecule has 104 valence electrons. The van der Waals surface area contributed by atoms with Crippen molar-refractivity contribution in [2.75, 3.05) is 5.32 Å². The maximum Gasteiger partial charge on any atom is 0.226 e. The number of pyridine rings is 1. The Balaban J connectivity index is 1.82. The van der Waals surface area contributed by atoms with E-state index in [2.05, 4.69) is 20.6 Å². The lowest BCUT2D eigenvalue weighted by Gasteiger charge is -2.03. The van der Waals surface area contributed by atoms with Crippen LogP contribution in [0.4, 0.5) is 5.13 Å². The quantitative estimate of drug-likeness (QED) is 0.870. The van der Waals surface area contributed by atoms with Gasteiger partial charge < -0.3 is 10.6 Å². The molecule has 2 aromatic heterocycles. The Morgan fingerprint density at radius 2 is 2.15 bits per heavy atom. The van der Waals surface area contributed by atoms with Gasteiger partial charge >= 0.3 is 0 Å². The van der Waals surface area contributed by atoms with Gasteiger partial charge in [-0.3, -0.25) is 14.6 Å². The van der Waals surface area contributed by atoms with Gasteiger partial charge in [-0.1, -0.05) is 6.07 Å². The van der Waals surface area contributed by atoms with Crippen LogP contribution in [-0.2, 0) is 22.6 Å². The summed E-state index contributed by atoms with van der Waals surface area (Å²) in [5.41, 5.74) is 1.44. The predicted molar refractivity (Wildman–Crippen MR) is 76.2 cm³/mol. The van der Waals surface area contributed by atoms with Crippen LogP contribution in [0.3, 0.4) is 0 Å².